The molecule has 4 nitrogen and oxygen atoms in total. The molecular weight excluding hydrogens is 336 g/mol. The van der Waals surface area contributed by atoms with Crippen LogP contribution in [-0.2, 0) is 13.0 Å². The molecule has 1 saturated heterocycles. The van der Waals surface area contributed by atoms with Gasteiger partial charge in [0.2, 0.25) is 0 Å². The summed E-state index contributed by atoms with van der Waals surface area (Å²) in [6.07, 6.45) is 3.69. The molecule has 0 spiro atoms. The molecule has 0 radical (unpaired) electrons. The Bertz CT molecular complexity index is 702. The zero-order valence-corrected chi connectivity index (χ0v) is 16.6. The highest BCUT2D eigenvalue weighted by Crippen LogP contribution is 2.20. The predicted octanol–water partition coefficient (Wildman–Crippen LogP) is 3.79. The number of rotatable bonds is 8. The van der Waals surface area contributed by atoms with E-state index in [2.05, 4.69) is 35.0 Å². The van der Waals surface area contributed by atoms with Crippen LogP contribution >= 0.6 is 0 Å². The lowest BCUT2D eigenvalue weighted by Crippen LogP contribution is -2.40. The summed E-state index contributed by atoms with van der Waals surface area (Å²) in [5.74, 6) is 1.99. The second-order valence-corrected chi connectivity index (χ2v) is 7.77. The number of ether oxygens (including phenoxy) is 1. The number of benzene rings is 2. The van der Waals surface area contributed by atoms with Crippen LogP contribution in [0.4, 0.5) is 0 Å². The highest BCUT2D eigenvalue weighted by molar-refractivity contribution is 5.27. The third-order valence-corrected chi connectivity index (χ3v) is 5.41. The SMILES string of the molecule is COc1ccc(CCN2CCCC(CN(C)Cc3cccc(O)c3)C2)cc1. The number of nitrogens with zero attached hydrogens (tertiary/aromatic N) is 2. The first-order chi connectivity index (χ1) is 13.1. The number of hydrogen-bond acceptors (Lipinski definition) is 4. The van der Waals surface area contributed by atoms with E-state index in [0.29, 0.717) is 5.75 Å². The van der Waals surface area contributed by atoms with Gasteiger partial charge in [-0.2, -0.15) is 0 Å². The van der Waals surface area contributed by atoms with Crippen LogP contribution in [0.3, 0.4) is 0 Å². The molecule has 3 rings (SSSR count). The Kier molecular flexibility index (Phi) is 7.13. The van der Waals surface area contributed by atoms with Gasteiger partial charge in [0.05, 0.1) is 7.11 Å². The van der Waals surface area contributed by atoms with Crippen LogP contribution in [0, 0.1) is 5.92 Å². The van der Waals surface area contributed by atoms with Crippen molar-refractivity contribution in [1.82, 2.24) is 9.80 Å². The van der Waals surface area contributed by atoms with Crippen molar-refractivity contribution in [3.63, 3.8) is 0 Å². The summed E-state index contributed by atoms with van der Waals surface area (Å²) in [4.78, 5) is 4.99. The van der Waals surface area contributed by atoms with E-state index in [1.165, 1.54) is 37.1 Å². The molecule has 1 heterocycles. The van der Waals surface area contributed by atoms with Gasteiger partial charge in [-0.15, -0.1) is 0 Å². The van der Waals surface area contributed by atoms with Crippen molar-refractivity contribution >= 4 is 0 Å². The van der Waals surface area contributed by atoms with Crippen molar-refractivity contribution in [1.29, 1.82) is 0 Å². The molecule has 1 N–H and O–H groups in total. The summed E-state index contributed by atoms with van der Waals surface area (Å²) in [5, 5.41) is 9.63. The minimum absolute atomic E-state index is 0.350. The topological polar surface area (TPSA) is 35.9 Å². The minimum atomic E-state index is 0.350. The Morgan fingerprint density at radius 3 is 2.70 bits per heavy atom. The first-order valence-electron chi connectivity index (χ1n) is 9.94. The van der Waals surface area contributed by atoms with Gasteiger partial charge < -0.3 is 19.6 Å². The Labute approximate surface area is 163 Å². The molecule has 0 amide bonds. The maximum absolute atomic E-state index is 9.63. The highest BCUT2D eigenvalue weighted by Gasteiger charge is 2.21. The van der Waals surface area contributed by atoms with Gasteiger partial charge >= 0.3 is 0 Å². The van der Waals surface area contributed by atoms with Gasteiger partial charge in [-0.3, -0.25) is 0 Å². The quantitative estimate of drug-likeness (QED) is 0.769. The third-order valence-electron chi connectivity index (χ3n) is 5.41. The fourth-order valence-corrected chi connectivity index (χ4v) is 4.05. The molecule has 0 aromatic heterocycles. The van der Waals surface area contributed by atoms with Crippen molar-refractivity contribution in [2.75, 3.05) is 40.3 Å². The fourth-order valence-electron chi connectivity index (χ4n) is 4.05. The molecule has 1 atom stereocenters. The smallest absolute Gasteiger partial charge is 0.118 e. The molecule has 1 unspecified atom stereocenters. The Balaban J connectivity index is 1.44. The highest BCUT2D eigenvalue weighted by atomic mass is 16.5. The van der Waals surface area contributed by atoms with Crippen LogP contribution in [0.2, 0.25) is 0 Å². The van der Waals surface area contributed by atoms with E-state index in [1.807, 2.05) is 24.3 Å². The average Bonchev–Trinajstić information content (AvgIpc) is 2.67. The van der Waals surface area contributed by atoms with Crippen LogP contribution in [0.15, 0.2) is 48.5 Å². The van der Waals surface area contributed by atoms with Gasteiger partial charge in [0.15, 0.2) is 0 Å². The van der Waals surface area contributed by atoms with Gasteiger partial charge in [-0.1, -0.05) is 24.3 Å². The summed E-state index contributed by atoms with van der Waals surface area (Å²) >= 11 is 0. The second-order valence-electron chi connectivity index (χ2n) is 7.77. The lowest BCUT2D eigenvalue weighted by atomic mass is 9.97. The van der Waals surface area contributed by atoms with Crippen molar-refractivity contribution in [3.8, 4) is 11.5 Å². The van der Waals surface area contributed by atoms with Crippen LogP contribution in [0.1, 0.15) is 24.0 Å². The van der Waals surface area contributed by atoms with E-state index in [9.17, 15) is 5.11 Å². The van der Waals surface area contributed by atoms with E-state index in [4.69, 9.17) is 4.74 Å². The zero-order chi connectivity index (χ0) is 19.1. The molecule has 1 aliphatic rings. The standard InChI is InChI=1S/C23H32N2O2/c1-24(16-20-5-3-7-22(26)15-20)17-21-6-4-13-25(18-21)14-12-19-8-10-23(27-2)11-9-19/h3,5,7-11,15,21,26H,4,6,12-14,16-18H2,1-2H3. The maximum atomic E-state index is 9.63. The van der Waals surface area contributed by atoms with E-state index in [0.717, 1.165) is 37.7 Å². The average molecular weight is 369 g/mol. The normalized spacial score (nSPS) is 18.0. The molecule has 1 aliphatic heterocycles. The molecule has 0 aliphatic carbocycles. The van der Waals surface area contributed by atoms with Crippen molar-refractivity contribution in [2.24, 2.45) is 5.92 Å². The van der Waals surface area contributed by atoms with Crippen molar-refractivity contribution in [3.05, 3.63) is 59.7 Å². The van der Waals surface area contributed by atoms with Crippen LogP contribution in [0.5, 0.6) is 11.5 Å². The number of aromatic hydroxyl groups is 1. The number of methoxy groups -OCH3 is 1. The molecule has 2 aromatic carbocycles. The molecule has 0 saturated carbocycles. The zero-order valence-electron chi connectivity index (χ0n) is 16.6. The fraction of sp³-hybridized carbons (Fsp3) is 0.478. The van der Waals surface area contributed by atoms with E-state index in [-0.39, 0.29) is 0 Å². The molecule has 27 heavy (non-hydrogen) atoms. The van der Waals surface area contributed by atoms with Gasteiger partial charge in [-0.25, -0.2) is 0 Å². The van der Waals surface area contributed by atoms with Gasteiger partial charge in [0, 0.05) is 26.2 Å². The summed E-state index contributed by atoms with van der Waals surface area (Å²) in [7, 11) is 3.89. The molecule has 4 heteroatoms. The molecule has 2 aromatic rings. The van der Waals surface area contributed by atoms with Crippen LogP contribution in [0.25, 0.3) is 0 Å². The Hall–Kier alpha value is -2.04. The van der Waals surface area contributed by atoms with Gasteiger partial charge in [0.25, 0.3) is 0 Å². The first-order valence-corrected chi connectivity index (χ1v) is 9.94. The summed E-state index contributed by atoms with van der Waals surface area (Å²) < 4.78 is 5.23. The first kappa shape index (κ1) is 19.7. The minimum Gasteiger partial charge on any atom is -0.508 e. The third kappa shape index (κ3) is 6.26. The Morgan fingerprint density at radius 1 is 1.15 bits per heavy atom. The van der Waals surface area contributed by atoms with E-state index in [1.54, 1.807) is 13.2 Å². The monoisotopic (exact) mass is 368 g/mol. The number of likely N-dealkylation sites (tertiary alicyclic amines) is 1. The van der Waals surface area contributed by atoms with Crippen molar-refractivity contribution in [2.45, 2.75) is 25.8 Å². The van der Waals surface area contributed by atoms with E-state index < -0.39 is 0 Å². The van der Waals surface area contributed by atoms with Gasteiger partial charge in [0.1, 0.15) is 11.5 Å². The molecule has 1 fully saturated rings. The molecule has 0 bridgehead atoms. The lowest BCUT2D eigenvalue weighted by Gasteiger charge is -2.34. The largest absolute Gasteiger partial charge is 0.508 e. The number of piperidine rings is 1. The number of phenolic OH excluding ortho intramolecular Hbond substituents is 1. The number of phenols is 1. The van der Waals surface area contributed by atoms with Gasteiger partial charge in [-0.05, 0) is 74.2 Å². The molecular formula is C23H32N2O2. The van der Waals surface area contributed by atoms with Crippen LogP contribution in [-0.4, -0.2) is 55.2 Å². The molecule has 146 valence electrons. The summed E-state index contributed by atoms with van der Waals surface area (Å²) in [6, 6.07) is 16.0. The van der Waals surface area contributed by atoms with Crippen LogP contribution < -0.4 is 4.74 Å². The van der Waals surface area contributed by atoms with Crippen molar-refractivity contribution < 1.29 is 9.84 Å². The summed E-state index contributed by atoms with van der Waals surface area (Å²) in [6.45, 7) is 5.51. The second kappa shape index (κ2) is 9.77. The van der Waals surface area contributed by atoms with E-state index >= 15 is 0 Å². The summed E-state index contributed by atoms with van der Waals surface area (Å²) in [5.41, 5.74) is 2.54. The number of hydrogen-bond donors (Lipinski definition) is 1. The predicted molar refractivity (Wildman–Crippen MR) is 110 cm³/mol. The lowest BCUT2D eigenvalue weighted by molar-refractivity contribution is 0.142. The maximum Gasteiger partial charge on any atom is 0.118 e. The Morgan fingerprint density at radius 2 is 1.96 bits per heavy atom.